The lowest BCUT2D eigenvalue weighted by atomic mass is 10.1. The molecular weight excluding hydrogens is 424 g/mol. The highest BCUT2D eigenvalue weighted by Gasteiger charge is 2.24. The maximum Gasteiger partial charge on any atom is 0.243 e. The van der Waals surface area contributed by atoms with Crippen LogP contribution in [0.15, 0.2) is 59.6 Å². The van der Waals surface area contributed by atoms with Crippen molar-refractivity contribution in [2.75, 3.05) is 13.7 Å². The van der Waals surface area contributed by atoms with Gasteiger partial charge in [0.2, 0.25) is 10.0 Å². The van der Waals surface area contributed by atoms with Gasteiger partial charge >= 0.3 is 0 Å². The summed E-state index contributed by atoms with van der Waals surface area (Å²) in [6.07, 6.45) is 7.45. The molecule has 8 heteroatoms. The lowest BCUT2D eigenvalue weighted by molar-refractivity contribution is 0.309. The van der Waals surface area contributed by atoms with Crippen LogP contribution in [0.1, 0.15) is 43.9 Å². The second-order valence-electron chi connectivity index (χ2n) is 8.40. The molecule has 1 aromatic heterocycles. The molecule has 0 radical (unpaired) electrons. The summed E-state index contributed by atoms with van der Waals surface area (Å²) in [5, 5.41) is 8.30. The van der Waals surface area contributed by atoms with E-state index in [9.17, 15) is 8.42 Å². The van der Waals surface area contributed by atoms with Crippen molar-refractivity contribution in [3.63, 3.8) is 0 Å². The zero-order chi connectivity index (χ0) is 22.6. The first kappa shape index (κ1) is 22.5. The Morgan fingerprint density at radius 3 is 2.47 bits per heavy atom. The van der Waals surface area contributed by atoms with Crippen LogP contribution >= 0.6 is 0 Å². The number of hydrogen-bond donors (Lipinski definition) is 0. The highest BCUT2D eigenvalue weighted by atomic mass is 32.2. The molecule has 7 nitrogen and oxygen atoms in total. The van der Waals surface area contributed by atoms with E-state index in [0.29, 0.717) is 17.2 Å². The van der Waals surface area contributed by atoms with Gasteiger partial charge in [0.25, 0.3) is 0 Å². The summed E-state index contributed by atoms with van der Waals surface area (Å²) in [5.74, 6) is 1.59. The molecule has 3 aromatic rings. The molecule has 0 N–H and O–H groups in total. The number of sulfonamides is 1. The lowest BCUT2D eigenvalue weighted by Gasteiger charge is -2.16. The molecule has 1 aliphatic carbocycles. The molecule has 4 rings (SSSR count). The van der Waals surface area contributed by atoms with E-state index in [1.807, 2.05) is 36.4 Å². The van der Waals surface area contributed by atoms with Crippen molar-refractivity contribution < 1.29 is 13.2 Å². The van der Waals surface area contributed by atoms with E-state index in [0.717, 1.165) is 36.6 Å². The fraction of sp³-hybridized carbons (Fsp3) is 0.417. The Kier molecular flexibility index (Phi) is 6.91. The second kappa shape index (κ2) is 9.83. The molecule has 32 heavy (non-hydrogen) atoms. The van der Waals surface area contributed by atoms with Crippen LogP contribution in [0.2, 0.25) is 0 Å². The molecule has 0 atom stereocenters. The molecule has 0 unspecified atom stereocenters. The molecule has 0 aliphatic heterocycles. The van der Waals surface area contributed by atoms with E-state index in [-0.39, 0.29) is 6.54 Å². The molecule has 0 bridgehead atoms. The van der Waals surface area contributed by atoms with Crippen molar-refractivity contribution in [1.29, 1.82) is 0 Å². The average molecular weight is 455 g/mol. The van der Waals surface area contributed by atoms with Crippen LogP contribution in [-0.4, -0.2) is 41.4 Å². The summed E-state index contributed by atoms with van der Waals surface area (Å²) >= 11 is 0. The Labute approximate surface area is 190 Å². The SMILES string of the molecule is CCCCOc1ccc(-n2cc(CN(C)S(=O)(=O)c3ccc(CC4CC4)cc3)nn2)cc1. The quantitative estimate of drug-likeness (QED) is 0.406. The third-order valence-corrected chi connectivity index (χ3v) is 7.46. The molecule has 2 aromatic carbocycles. The van der Waals surface area contributed by atoms with Crippen molar-refractivity contribution in [3.8, 4) is 11.4 Å². The van der Waals surface area contributed by atoms with E-state index < -0.39 is 10.0 Å². The number of hydrogen-bond acceptors (Lipinski definition) is 5. The molecule has 0 amide bonds. The normalized spacial score (nSPS) is 14.1. The minimum Gasteiger partial charge on any atom is -0.494 e. The number of rotatable bonds is 11. The van der Waals surface area contributed by atoms with Crippen molar-refractivity contribution in [3.05, 3.63) is 66.0 Å². The van der Waals surface area contributed by atoms with Crippen molar-refractivity contribution in [2.24, 2.45) is 5.92 Å². The van der Waals surface area contributed by atoms with Gasteiger partial charge in [0.05, 0.1) is 35.6 Å². The highest BCUT2D eigenvalue weighted by Crippen LogP contribution is 2.32. The topological polar surface area (TPSA) is 77.3 Å². The molecule has 1 aliphatic rings. The molecule has 0 spiro atoms. The van der Waals surface area contributed by atoms with E-state index in [1.54, 1.807) is 30.1 Å². The fourth-order valence-corrected chi connectivity index (χ4v) is 4.61. The zero-order valence-corrected chi connectivity index (χ0v) is 19.5. The van der Waals surface area contributed by atoms with Gasteiger partial charge in [-0.15, -0.1) is 5.10 Å². The maximum absolute atomic E-state index is 13.0. The number of ether oxygens (including phenoxy) is 1. The van der Waals surface area contributed by atoms with E-state index in [1.165, 1.54) is 22.7 Å². The highest BCUT2D eigenvalue weighted by molar-refractivity contribution is 7.89. The van der Waals surface area contributed by atoms with Crippen LogP contribution in [0.25, 0.3) is 5.69 Å². The van der Waals surface area contributed by atoms with Crippen LogP contribution < -0.4 is 4.74 Å². The summed E-state index contributed by atoms with van der Waals surface area (Å²) in [7, 11) is -2.03. The Hall–Kier alpha value is -2.71. The molecule has 1 fully saturated rings. The van der Waals surface area contributed by atoms with E-state index >= 15 is 0 Å². The predicted octanol–water partition coefficient (Wildman–Crippen LogP) is 4.22. The average Bonchev–Trinajstić information content (AvgIpc) is 3.49. The van der Waals surface area contributed by atoms with Crippen LogP contribution in [0.5, 0.6) is 5.75 Å². The number of unbranched alkanes of at least 4 members (excludes halogenated alkanes) is 1. The summed E-state index contributed by atoms with van der Waals surface area (Å²) in [6, 6.07) is 14.9. The number of benzene rings is 2. The molecular formula is C24H30N4O3S. The standard InChI is InChI=1S/C24H30N4O3S/c1-3-4-15-31-23-11-9-22(10-12-23)28-18-21(25-26-28)17-27(2)32(29,30)24-13-7-20(8-14-24)16-19-5-6-19/h7-14,18-19H,3-6,15-17H2,1-2H3. The van der Waals surface area contributed by atoms with Gasteiger partial charge in [-0.2, -0.15) is 4.31 Å². The lowest BCUT2D eigenvalue weighted by Crippen LogP contribution is -2.26. The van der Waals surface area contributed by atoms with Crippen LogP contribution in [0, 0.1) is 5.92 Å². The van der Waals surface area contributed by atoms with Crippen molar-refractivity contribution in [2.45, 2.75) is 50.5 Å². The zero-order valence-electron chi connectivity index (χ0n) is 18.6. The Morgan fingerprint density at radius 2 is 1.81 bits per heavy atom. The summed E-state index contributed by atoms with van der Waals surface area (Å²) in [5.41, 5.74) is 2.60. The fourth-order valence-electron chi connectivity index (χ4n) is 3.47. The molecule has 1 saturated carbocycles. The molecule has 1 heterocycles. The first-order valence-electron chi connectivity index (χ1n) is 11.2. The van der Waals surface area contributed by atoms with Crippen molar-refractivity contribution >= 4 is 10.0 Å². The van der Waals surface area contributed by atoms with Gasteiger partial charge < -0.3 is 4.74 Å². The van der Waals surface area contributed by atoms with E-state index in [2.05, 4.69) is 17.2 Å². The van der Waals surface area contributed by atoms with Gasteiger partial charge in [0.1, 0.15) is 5.75 Å². The van der Waals surface area contributed by atoms with Gasteiger partial charge in [-0.3, -0.25) is 0 Å². The van der Waals surface area contributed by atoms with Crippen LogP contribution in [0.4, 0.5) is 0 Å². The second-order valence-corrected chi connectivity index (χ2v) is 10.4. The van der Waals surface area contributed by atoms with Crippen LogP contribution in [-0.2, 0) is 23.0 Å². The third kappa shape index (κ3) is 5.55. The number of aromatic nitrogens is 3. The number of nitrogens with zero attached hydrogens (tertiary/aromatic N) is 4. The summed E-state index contributed by atoms with van der Waals surface area (Å²) in [6.45, 7) is 2.97. The predicted molar refractivity (Wildman–Crippen MR) is 123 cm³/mol. The molecule has 170 valence electrons. The smallest absolute Gasteiger partial charge is 0.243 e. The largest absolute Gasteiger partial charge is 0.494 e. The Bertz CT molecular complexity index is 1120. The monoisotopic (exact) mass is 454 g/mol. The maximum atomic E-state index is 13.0. The first-order chi connectivity index (χ1) is 15.5. The van der Waals surface area contributed by atoms with Gasteiger partial charge in [0.15, 0.2) is 0 Å². The third-order valence-electron chi connectivity index (χ3n) is 5.65. The summed E-state index contributed by atoms with van der Waals surface area (Å²) < 4.78 is 34.6. The summed E-state index contributed by atoms with van der Waals surface area (Å²) in [4.78, 5) is 0.297. The Balaban J connectivity index is 1.38. The van der Waals surface area contributed by atoms with Gasteiger partial charge in [-0.1, -0.05) is 30.7 Å². The van der Waals surface area contributed by atoms with Gasteiger partial charge in [-0.05, 0) is 73.6 Å². The van der Waals surface area contributed by atoms with Crippen LogP contribution in [0.3, 0.4) is 0 Å². The molecule has 0 saturated heterocycles. The Morgan fingerprint density at radius 1 is 1.09 bits per heavy atom. The van der Waals surface area contributed by atoms with Gasteiger partial charge in [0, 0.05) is 7.05 Å². The van der Waals surface area contributed by atoms with Gasteiger partial charge in [-0.25, -0.2) is 13.1 Å². The minimum atomic E-state index is -3.60. The van der Waals surface area contributed by atoms with Crippen molar-refractivity contribution in [1.82, 2.24) is 19.3 Å². The minimum absolute atomic E-state index is 0.143. The van der Waals surface area contributed by atoms with E-state index in [4.69, 9.17) is 4.74 Å². The first-order valence-corrected chi connectivity index (χ1v) is 12.6.